The van der Waals surface area contributed by atoms with Crippen LogP contribution in [-0.4, -0.2) is 36.0 Å². The Bertz CT molecular complexity index is 461. The molecule has 3 nitrogen and oxygen atoms in total. The first-order valence-electron chi connectivity index (χ1n) is 6.30. The lowest BCUT2D eigenvalue weighted by Gasteiger charge is -2.37. The van der Waals surface area contributed by atoms with Crippen molar-refractivity contribution in [3.8, 4) is 0 Å². The number of halogens is 1. The van der Waals surface area contributed by atoms with Gasteiger partial charge in [0.2, 0.25) is 0 Å². The lowest BCUT2D eigenvalue weighted by Crippen LogP contribution is -2.56. The maximum absolute atomic E-state index is 14.0. The van der Waals surface area contributed by atoms with Crippen LogP contribution in [0, 0.1) is 12.7 Å². The number of aryl methyl sites for hydroxylation is 1. The molecule has 1 heterocycles. The molecular formula is C14H19FN2O. The van der Waals surface area contributed by atoms with Crippen LogP contribution in [0.1, 0.15) is 29.8 Å². The number of amides is 1. The average molecular weight is 250 g/mol. The van der Waals surface area contributed by atoms with Gasteiger partial charge in [-0.3, -0.25) is 4.79 Å². The molecule has 1 amide bonds. The highest BCUT2D eigenvalue weighted by Gasteiger charge is 2.28. The number of benzene rings is 1. The van der Waals surface area contributed by atoms with Crippen LogP contribution in [0.4, 0.5) is 4.39 Å². The zero-order valence-corrected chi connectivity index (χ0v) is 11.0. The molecule has 0 radical (unpaired) electrons. The lowest BCUT2D eigenvalue weighted by atomic mass is 10.1. The van der Waals surface area contributed by atoms with E-state index < -0.39 is 5.82 Å². The number of hydrogen-bond donors (Lipinski definition) is 1. The quantitative estimate of drug-likeness (QED) is 0.826. The van der Waals surface area contributed by atoms with Crippen molar-refractivity contribution in [2.24, 2.45) is 0 Å². The Balaban J connectivity index is 2.27. The van der Waals surface area contributed by atoms with E-state index in [0.29, 0.717) is 12.1 Å². The monoisotopic (exact) mass is 250 g/mol. The van der Waals surface area contributed by atoms with Crippen molar-refractivity contribution in [1.82, 2.24) is 10.2 Å². The second-order valence-electron chi connectivity index (χ2n) is 5.05. The summed E-state index contributed by atoms with van der Waals surface area (Å²) in [6.45, 7) is 7.05. The summed E-state index contributed by atoms with van der Waals surface area (Å²) < 4.78 is 14.0. The van der Waals surface area contributed by atoms with Crippen molar-refractivity contribution in [3.63, 3.8) is 0 Å². The summed E-state index contributed by atoms with van der Waals surface area (Å²) in [5.74, 6) is -0.613. The van der Waals surface area contributed by atoms with Crippen molar-refractivity contribution in [1.29, 1.82) is 0 Å². The third-order valence-corrected chi connectivity index (χ3v) is 3.45. The van der Waals surface area contributed by atoms with Gasteiger partial charge in [0.25, 0.3) is 5.91 Å². The smallest absolute Gasteiger partial charge is 0.257 e. The third kappa shape index (κ3) is 2.38. The molecule has 0 spiro atoms. The summed E-state index contributed by atoms with van der Waals surface area (Å²) in [7, 11) is 0. The van der Waals surface area contributed by atoms with Crippen molar-refractivity contribution < 1.29 is 9.18 Å². The molecule has 2 unspecified atom stereocenters. The lowest BCUT2D eigenvalue weighted by molar-refractivity contribution is 0.0611. The minimum Gasteiger partial charge on any atom is -0.333 e. The van der Waals surface area contributed by atoms with E-state index in [2.05, 4.69) is 5.32 Å². The number of carbonyl (C=O) groups excluding carboxylic acids is 1. The number of rotatable bonds is 1. The van der Waals surface area contributed by atoms with Crippen molar-refractivity contribution in [2.45, 2.75) is 32.9 Å². The number of piperazine rings is 1. The summed E-state index contributed by atoms with van der Waals surface area (Å²) in [6, 6.07) is 5.30. The van der Waals surface area contributed by atoms with E-state index in [1.165, 1.54) is 0 Å². The predicted octanol–water partition coefficient (Wildman–Crippen LogP) is 1.96. The van der Waals surface area contributed by atoms with Gasteiger partial charge in [0.15, 0.2) is 0 Å². The molecule has 0 aliphatic carbocycles. The fourth-order valence-electron chi connectivity index (χ4n) is 2.27. The molecule has 2 atom stereocenters. The molecule has 4 heteroatoms. The SMILES string of the molecule is Cc1cccc(C(=O)N2CC(C)NCC2C)c1F. The first-order valence-corrected chi connectivity index (χ1v) is 6.30. The summed E-state index contributed by atoms with van der Waals surface area (Å²) in [5, 5.41) is 3.31. The zero-order chi connectivity index (χ0) is 13.3. The molecule has 0 saturated carbocycles. The highest BCUT2D eigenvalue weighted by Crippen LogP contribution is 2.17. The largest absolute Gasteiger partial charge is 0.333 e. The molecular weight excluding hydrogens is 231 g/mol. The van der Waals surface area contributed by atoms with Crippen molar-refractivity contribution >= 4 is 5.91 Å². The normalized spacial score (nSPS) is 24.1. The molecule has 1 N–H and O–H groups in total. The maximum atomic E-state index is 14.0. The molecule has 18 heavy (non-hydrogen) atoms. The molecule has 1 aliphatic rings. The summed E-state index contributed by atoms with van der Waals surface area (Å²) in [4.78, 5) is 14.1. The van der Waals surface area contributed by atoms with E-state index in [9.17, 15) is 9.18 Å². The van der Waals surface area contributed by atoms with Crippen LogP contribution in [0.3, 0.4) is 0 Å². The van der Waals surface area contributed by atoms with E-state index >= 15 is 0 Å². The highest BCUT2D eigenvalue weighted by atomic mass is 19.1. The standard InChI is InChI=1S/C14H19FN2O/c1-9-5-4-6-12(13(9)15)14(18)17-8-10(2)16-7-11(17)3/h4-6,10-11,16H,7-8H2,1-3H3. The molecule has 98 valence electrons. The Morgan fingerprint density at radius 2 is 2.17 bits per heavy atom. The van der Waals surface area contributed by atoms with Crippen LogP contribution < -0.4 is 5.32 Å². The fraction of sp³-hybridized carbons (Fsp3) is 0.500. The Morgan fingerprint density at radius 3 is 2.89 bits per heavy atom. The van der Waals surface area contributed by atoms with Gasteiger partial charge in [-0.25, -0.2) is 4.39 Å². The first kappa shape index (κ1) is 13.0. The van der Waals surface area contributed by atoms with Crippen LogP contribution in [-0.2, 0) is 0 Å². The number of carbonyl (C=O) groups is 1. The Labute approximate surface area is 107 Å². The number of nitrogens with zero attached hydrogens (tertiary/aromatic N) is 1. The van der Waals surface area contributed by atoms with Gasteiger partial charge in [0.1, 0.15) is 5.82 Å². The minimum atomic E-state index is -0.402. The van der Waals surface area contributed by atoms with Crippen LogP contribution in [0.5, 0.6) is 0 Å². The Hall–Kier alpha value is -1.42. The molecule has 0 bridgehead atoms. The van der Waals surface area contributed by atoms with Gasteiger partial charge in [-0.05, 0) is 32.4 Å². The fourth-order valence-corrected chi connectivity index (χ4v) is 2.27. The van der Waals surface area contributed by atoms with E-state index in [-0.39, 0.29) is 23.6 Å². The van der Waals surface area contributed by atoms with E-state index in [4.69, 9.17) is 0 Å². The van der Waals surface area contributed by atoms with Crippen molar-refractivity contribution in [3.05, 3.63) is 35.1 Å². The predicted molar refractivity (Wildman–Crippen MR) is 69.1 cm³/mol. The van der Waals surface area contributed by atoms with Gasteiger partial charge in [-0.1, -0.05) is 12.1 Å². The second-order valence-corrected chi connectivity index (χ2v) is 5.05. The van der Waals surface area contributed by atoms with Crippen LogP contribution in [0.25, 0.3) is 0 Å². The van der Waals surface area contributed by atoms with Gasteiger partial charge in [0.05, 0.1) is 5.56 Å². The molecule has 0 aromatic heterocycles. The van der Waals surface area contributed by atoms with Gasteiger partial charge < -0.3 is 10.2 Å². The topological polar surface area (TPSA) is 32.3 Å². The Kier molecular flexibility index (Phi) is 3.66. The summed E-state index contributed by atoms with van der Waals surface area (Å²) in [6.07, 6.45) is 0. The van der Waals surface area contributed by atoms with Gasteiger partial charge >= 0.3 is 0 Å². The first-order chi connectivity index (χ1) is 8.50. The molecule has 1 aromatic rings. The molecule has 2 rings (SSSR count). The summed E-state index contributed by atoms with van der Waals surface area (Å²) in [5.41, 5.74) is 0.688. The zero-order valence-electron chi connectivity index (χ0n) is 11.0. The van der Waals surface area contributed by atoms with Crippen LogP contribution in [0.2, 0.25) is 0 Å². The highest BCUT2D eigenvalue weighted by molar-refractivity contribution is 5.95. The average Bonchev–Trinajstić information content (AvgIpc) is 2.35. The van der Waals surface area contributed by atoms with Gasteiger partial charge in [-0.2, -0.15) is 0 Å². The number of nitrogens with one attached hydrogen (secondary N) is 1. The number of hydrogen-bond acceptors (Lipinski definition) is 2. The second kappa shape index (κ2) is 5.06. The molecule has 1 aliphatic heterocycles. The van der Waals surface area contributed by atoms with E-state index in [1.54, 1.807) is 30.0 Å². The van der Waals surface area contributed by atoms with Crippen LogP contribution >= 0.6 is 0 Å². The maximum Gasteiger partial charge on any atom is 0.257 e. The minimum absolute atomic E-state index is 0.0913. The van der Waals surface area contributed by atoms with Crippen LogP contribution in [0.15, 0.2) is 18.2 Å². The van der Waals surface area contributed by atoms with E-state index in [0.717, 1.165) is 6.54 Å². The molecule has 1 fully saturated rings. The third-order valence-electron chi connectivity index (χ3n) is 3.45. The van der Waals surface area contributed by atoms with Gasteiger partial charge in [-0.15, -0.1) is 0 Å². The molecule has 1 aromatic carbocycles. The van der Waals surface area contributed by atoms with Crippen molar-refractivity contribution in [2.75, 3.05) is 13.1 Å². The molecule has 1 saturated heterocycles. The Morgan fingerprint density at radius 1 is 1.44 bits per heavy atom. The summed E-state index contributed by atoms with van der Waals surface area (Å²) >= 11 is 0. The van der Waals surface area contributed by atoms with Gasteiger partial charge in [0, 0.05) is 25.2 Å². The van der Waals surface area contributed by atoms with E-state index in [1.807, 2.05) is 13.8 Å².